The molecule has 0 aliphatic heterocycles. The molecule has 0 radical (unpaired) electrons. The molecular weight excluding hydrogens is 679 g/mol. The Bertz CT molecular complexity index is 3230. The number of para-hydroxylation sites is 1. The first-order valence-electron chi connectivity index (χ1n) is 19.2. The Hall–Kier alpha value is -7.42. The van der Waals surface area contributed by atoms with Gasteiger partial charge in [0.25, 0.3) is 0 Å². The molecule has 1 aromatic heterocycles. The Morgan fingerprint density at radius 3 is 1.62 bits per heavy atom. The van der Waals surface area contributed by atoms with Crippen molar-refractivity contribution in [3.63, 3.8) is 0 Å². The van der Waals surface area contributed by atoms with Gasteiger partial charge in [-0.1, -0.05) is 176 Å². The van der Waals surface area contributed by atoms with Crippen LogP contribution in [0.3, 0.4) is 0 Å². The predicted molar refractivity (Wildman–Crippen MR) is 237 cm³/mol. The van der Waals surface area contributed by atoms with Crippen molar-refractivity contribution in [2.24, 2.45) is 0 Å². The van der Waals surface area contributed by atoms with E-state index in [-0.39, 0.29) is 0 Å². The van der Waals surface area contributed by atoms with Gasteiger partial charge in [0.05, 0.1) is 11.1 Å². The van der Waals surface area contributed by atoms with E-state index in [2.05, 4.69) is 211 Å². The fourth-order valence-electron chi connectivity index (χ4n) is 8.63. The van der Waals surface area contributed by atoms with E-state index in [0.717, 1.165) is 49.8 Å². The van der Waals surface area contributed by atoms with Crippen molar-refractivity contribution in [1.29, 1.82) is 0 Å². The van der Waals surface area contributed by atoms with Gasteiger partial charge >= 0.3 is 0 Å². The highest BCUT2D eigenvalue weighted by Gasteiger charge is 2.22. The number of anilines is 3. The minimum atomic E-state index is 0.881. The van der Waals surface area contributed by atoms with E-state index in [1.807, 2.05) is 6.07 Å². The van der Waals surface area contributed by atoms with E-state index >= 15 is 0 Å². The lowest BCUT2D eigenvalue weighted by Crippen LogP contribution is -2.10. The molecule has 0 N–H and O–H groups in total. The maximum atomic E-state index is 6.69. The minimum absolute atomic E-state index is 0.881. The van der Waals surface area contributed by atoms with Gasteiger partial charge in [-0.3, -0.25) is 0 Å². The molecule has 11 rings (SSSR count). The van der Waals surface area contributed by atoms with Crippen LogP contribution in [-0.4, -0.2) is 0 Å². The zero-order valence-corrected chi connectivity index (χ0v) is 30.6. The summed E-state index contributed by atoms with van der Waals surface area (Å²) in [5, 5.41) is 9.41. The number of hydrogen-bond donors (Lipinski definition) is 0. The second-order valence-electron chi connectivity index (χ2n) is 14.5. The van der Waals surface area contributed by atoms with E-state index in [1.54, 1.807) is 0 Å². The molecule has 2 nitrogen and oxygen atoms in total. The smallest absolute Gasteiger partial charge is 0.145 e. The van der Waals surface area contributed by atoms with Gasteiger partial charge in [0, 0.05) is 22.1 Å². The predicted octanol–water partition coefficient (Wildman–Crippen LogP) is 15.5. The van der Waals surface area contributed by atoms with E-state index in [4.69, 9.17) is 4.42 Å². The Morgan fingerprint density at radius 1 is 0.339 bits per heavy atom. The van der Waals surface area contributed by atoms with Crippen LogP contribution < -0.4 is 4.90 Å². The van der Waals surface area contributed by atoms with Crippen LogP contribution in [0.25, 0.3) is 87.6 Å². The standard InChI is InChI=1S/C54H35NO/c1-2-15-40(16-3-1)52-46-20-8-5-14-37(46)29-34-47(52)39-27-32-43(33-28-39)55(42-30-25-38(26-31-42)45-23-12-18-36-13-4-7-19-44(36)45)50-35-41-17-6-9-21-48(41)54-53(50)49-22-10-11-24-51(49)56-54/h1-35H. The van der Waals surface area contributed by atoms with Crippen molar-refractivity contribution in [1.82, 2.24) is 0 Å². The quantitative estimate of drug-likeness (QED) is 0.171. The molecule has 0 atom stereocenters. The minimum Gasteiger partial charge on any atom is -0.455 e. The van der Waals surface area contributed by atoms with Crippen LogP contribution in [0.2, 0.25) is 0 Å². The monoisotopic (exact) mass is 713 g/mol. The molecule has 0 saturated heterocycles. The topological polar surface area (TPSA) is 16.4 Å². The SMILES string of the molecule is c1ccc(-c2c(-c3ccc(N(c4ccc(-c5cccc6ccccc56)cc4)c4cc5ccccc5c5oc6ccccc6c45)cc3)ccc3ccccc23)cc1. The fraction of sp³-hybridized carbons (Fsp3) is 0. The summed E-state index contributed by atoms with van der Waals surface area (Å²) in [5.41, 5.74) is 12.2. The van der Waals surface area contributed by atoms with Gasteiger partial charge in [0.15, 0.2) is 0 Å². The van der Waals surface area contributed by atoms with Gasteiger partial charge in [-0.2, -0.15) is 0 Å². The lowest BCUT2D eigenvalue weighted by atomic mass is 9.89. The maximum absolute atomic E-state index is 6.69. The van der Waals surface area contributed by atoms with Gasteiger partial charge in [-0.05, 0) is 96.7 Å². The lowest BCUT2D eigenvalue weighted by Gasteiger charge is -2.27. The van der Waals surface area contributed by atoms with E-state index < -0.39 is 0 Å². The first kappa shape index (κ1) is 32.0. The highest BCUT2D eigenvalue weighted by Crippen LogP contribution is 2.47. The molecule has 1 heterocycles. The van der Waals surface area contributed by atoms with Crippen molar-refractivity contribution >= 4 is 71.3 Å². The summed E-state index contributed by atoms with van der Waals surface area (Å²) >= 11 is 0. The number of fused-ring (bicyclic) bond motifs is 7. The first-order chi connectivity index (χ1) is 27.8. The number of benzene rings is 10. The van der Waals surface area contributed by atoms with Gasteiger partial charge in [0.2, 0.25) is 0 Å². The second-order valence-corrected chi connectivity index (χ2v) is 14.5. The van der Waals surface area contributed by atoms with Crippen molar-refractivity contribution in [3.8, 4) is 33.4 Å². The molecule has 56 heavy (non-hydrogen) atoms. The van der Waals surface area contributed by atoms with Gasteiger partial charge in [0.1, 0.15) is 11.2 Å². The van der Waals surface area contributed by atoms with Crippen LogP contribution in [-0.2, 0) is 0 Å². The summed E-state index contributed by atoms with van der Waals surface area (Å²) in [5.74, 6) is 0. The first-order valence-corrected chi connectivity index (χ1v) is 19.2. The normalized spacial score (nSPS) is 11.6. The van der Waals surface area contributed by atoms with Crippen molar-refractivity contribution in [2.45, 2.75) is 0 Å². The van der Waals surface area contributed by atoms with E-state index in [0.29, 0.717) is 0 Å². The summed E-state index contributed by atoms with van der Waals surface area (Å²) in [7, 11) is 0. The Labute approximate surface area is 325 Å². The summed E-state index contributed by atoms with van der Waals surface area (Å²) in [6.45, 7) is 0. The van der Waals surface area contributed by atoms with Crippen molar-refractivity contribution < 1.29 is 4.42 Å². The number of furan rings is 1. The largest absolute Gasteiger partial charge is 0.455 e. The molecule has 11 aromatic rings. The molecule has 2 heteroatoms. The lowest BCUT2D eigenvalue weighted by molar-refractivity contribution is 0.672. The molecule has 0 saturated carbocycles. The van der Waals surface area contributed by atoms with Crippen LogP contribution in [0.15, 0.2) is 217 Å². The Balaban J connectivity index is 1.12. The Morgan fingerprint density at radius 2 is 0.893 bits per heavy atom. The molecule has 0 fully saturated rings. The number of nitrogens with zero attached hydrogens (tertiary/aromatic N) is 1. The zero-order valence-electron chi connectivity index (χ0n) is 30.6. The van der Waals surface area contributed by atoms with Gasteiger partial charge < -0.3 is 9.32 Å². The third-order valence-electron chi connectivity index (χ3n) is 11.2. The van der Waals surface area contributed by atoms with Crippen LogP contribution in [0, 0.1) is 0 Å². The third kappa shape index (κ3) is 5.26. The maximum Gasteiger partial charge on any atom is 0.145 e. The molecule has 0 aliphatic rings. The number of hydrogen-bond acceptors (Lipinski definition) is 2. The summed E-state index contributed by atoms with van der Waals surface area (Å²) < 4.78 is 6.69. The van der Waals surface area contributed by atoms with Crippen molar-refractivity contribution in [3.05, 3.63) is 212 Å². The molecule has 0 bridgehead atoms. The highest BCUT2D eigenvalue weighted by molar-refractivity contribution is 6.22. The van der Waals surface area contributed by atoms with Gasteiger partial charge in [-0.15, -0.1) is 0 Å². The molecule has 10 aromatic carbocycles. The second kappa shape index (κ2) is 13.2. The van der Waals surface area contributed by atoms with Crippen molar-refractivity contribution in [2.75, 3.05) is 4.90 Å². The van der Waals surface area contributed by atoms with E-state index in [9.17, 15) is 0 Å². The third-order valence-corrected chi connectivity index (χ3v) is 11.2. The average molecular weight is 714 g/mol. The molecule has 0 spiro atoms. The van der Waals surface area contributed by atoms with Crippen LogP contribution >= 0.6 is 0 Å². The van der Waals surface area contributed by atoms with Gasteiger partial charge in [-0.25, -0.2) is 0 Å². The van der Waals surface area contributed by atoms with Crippen LogP contribution in [0.4, 0.5) is 17.1 Å². The van der Waals surface area contributed by atoms with Crippen LogP contribution in [0.1, 0.15) is 0 Å². The molecule has 262 valence electrons. The van der Waals surface area contributed by atoms with Crippen LogP contribution in [0.5, 0.6) is 0 Å². The molecule has 0 amide bonds. The summed E-state index contributed by atoms with van der Waals surface area (Å²) in [6, 6.07) is 76.4. The average Bonchev–Trinajstić information content (AvgIpc) is 3.67. The van der Waals surface area contributed by atoms with E-state index in [1.165, 1.54) is 54.9 Å². The summed E-state index contributed by atoms with van der Waals surface area (Å²) in [4.78, 5) is 2.39. The molecular formula is C54H35NO. The number of rotatable bonds is 6. The molecule has 0 aliphatic carbocycles. The Kier molecular flexibility index (Phi) is 7.53. The summed E-state index contributed by atoms with van der Waals surface area (Å²) in [6.07, 6.45) is 0. The fourth-order valence-corrected chi connectivity index (χ4v) is 8.63. The highest BCUT2D eigenvalue weighted by atomic mass is 16.3. The molecule has 0 unspecified atom stereocenters. The zero-order chi connectivity index (χ0) is 37.0.